The Morgan fingerprint density at radius 3 is 2.75 bits per heavy atom. The van der Waals surface area contributed by atoms with Gasteiger partial charge in [-0.25, -0.2) is 4.68 Å². The number of carbonyl (C=O) groups excluding carboxylic acids is 1. The first kappa shape index (κ1) is 15.2. The van der Waals surface area contributed by atoms with Crippen LogP contribution in [-0.4, -0.2) is 33.9 Å². The largest absolute Gasteiger partial charge is 0.317 e. The average Bonchev–Trinajstić information content (AvgIpc) is 2.88. The number of carbonyl (C=O) groups is 1. The second kappa shape index (κ2) is 6.97. The standard InChI is InChI=1S/C15H26N4O/c1-4-5-13-10-19(18-17-13)14(11(2)3)15(20)12-6-8-16-9-7-12/h10-12,14,16H,4-9H2,1-3H3/t14-/m0/s1. The van der Waals surface area contributed by atoms with Crippen molar-refractivity contribution in [1.29, 1.82) is 0 Å². The molecule has 1 aromatic heterocycles. The molecule has 0 radical (unpaired) electrons. The lowest BCUT2D eigenvalue weighted by atomic mass is 9.85. The summed E-state index contributed by atoms with van der Waals surface area (Å²) >= 11 is 0. The zero-order valence-electron chi connectivity index (χ0n) is 12.8. The summed E-state index contributed by atoms with van der Waals surface area (Å²) in [5, 5.41) is 11.7. The van der Waals surface area contributed by atoms with Gasteiger partial charge in [0.05, 0.1) is 5.69 Å². The molecule has 1 fully saturated rings. The van der Waals surface area contributed by atoms with Crippen molar-refractivity contribution in [3.8, 4) is 0 Å². The van der Waals surface area contributed by atoms with Gasteiger partial charge in [-0.05, 0) is 38.3 Å². The molecular formula is C15H26N4O. The van der Waals surface area contributed by atoms with Gasteiger partial charge in [-0.15, -0.1) is 5.10 Å². The zero-order valence-corrected chi connectivity index (χ0v) is 12.8. The van der Waals surface area contributed by atoms with Gasteiger partial charge in [0, 0.05) is 12.1 Å². The van der Waals surface area contributed by atoms with E-state index in [-0.39, 0.29) is 17.9 Å². The lowest BCUT2D eigenvalue weighted by molar-refractivity contribution is -0.128. The third kappa shape index (κ3) is 3.45. The molecule has 0 bridgehead atoms. The highest BCUT2D eigenvalue weighted by molar-refractivity contribution is 5.85. The van der Waals surface area contributed by atoms with Crippen molar-refractivity contribution in [2.45, 2.75) is 52.5 Å². The lowest BCUT2D eigenvalue weighted by Crippen LogP contribution is -2.37. The number of hydrogen-bond donors (Lipinski definition) is 1. The molecule has 112 valence electrons. The van der Waals surface area contributed by atoms with Gasteiger partial charge in [-0.2, -0.15) is 0 Å². The van der Waals surface area contributed by atoms with Gasteiger partial charge in [0.25, 0.3) is 0 Å². The fraction of sp³-hybridized carbons (Fsp3) is 0.800. The number of aromatic nitrogens is 3. The highest BCUT2D eigenvalue weighted by atomic mass is 16.1. The molecule has 2 heterocycles. The molecule has 5 heteroatoms. The van der Waals surface area contributed by atoms with Crippen LogP contribution in [0.25, 0.3) is 0 Å². The maximum absolute atomic E-state index is 12.8. The second-order valence-corrected chi connectivity index (χ2v) is 6.06. The minimum Gasteiger partial charge on any atom is -0.317 e. The minimum atomic E-state index is -0.170. The highest BCUT2D eigenvalue weighted by Gasteiger charge is 2.32. The topological polar surface area (TPSA) is 59.8 Å². The van der Waals surface area contributed by atoms with Gasteiger partial charge in [0.15, 0.2) is 5.78 Å². The second-order valence-electron chi connectivity index (χ2n) is 6.06. The fourth-order valence-electron chi connectivity index (χ4n) is 2.93. The fourth-order valence-corrected chi connectivity index (χ4v) is 2.93. The van der Waals surface area contributed by atoms with Gasteiger partial charge in [-0.1, -0.05) is 32.4 Å². The van der Waals surface area contributed by atoms with Crippen LogP contribution in [-0.2, 0) is 11.2 Å². The Bertz CT molecular complexity index is 435. The Hall–Kier alpha value is -1.23. The number of rotatable bonds is 6. The van der Waals surface area contributed by atoms with Crippen LogP contribution in [0.2, 0.25) is 0 Å². The van der Waals surface area contributed by atoms with E-state index < -0.39 is 0 Å². The molecule has 0 spiro atoms. The molecule has 2 rings (SSSR count). The summed E-state index contributed by atoms with van der Waals surface area (Å²) < 4.78 is 1.79. The lowest BCUT2D eigenvalue weighted by Gasteiger charge is -2.27. The number of aryl methyl sites for hydroxylation is 1. The van der Waals surface area contributed by atoms with Crippen LogP contribution in [0.3, 0.4) is 0 Å². The smallest absolute Gasteiger partial charge is 0.160 e. The maximum atomic E-state index is 12.8. The van der Waals surface area contributed by atoms with Crippen LogP contribution >= 0.6 is 0 Å². The number of ketones is 1. The number of nitrogens with one attached hydrogen (secondary N) is 1. The van der Waals surface area contributed by atoms with E-state index in [2.05, 4.69) is 36.4 Å². The minimum absolute atomic E-state index is 0.169. The summed E-state index contributed by atoms with van der Waals surface area (Å²) in [6.07, 6.45) is 5.81. The van der Waals surface area contributed by atoms with Crippen molar-refractivity contribution in [1.82, 2.24) is 20.3 Å². The van der Waals surface area contributed by atoms with Gasteiger partial charge in [0.2, 0.25) is 0 Å². The van der Waals surface area contributed by atoms with E-state index in [0.717, 1.165) is 44.5 Å². The van der Waals surface area contributed by atoms with Crippen molar-refractivity contribution >= 4 is 5.78 Å². The number of nitrogens with zero attached hydrogens (tertiary/aromatic N) is 3. The van der Waals surface area contributed by atoms with Gasteiger partial charge < -0.3 is 5.32 Å². The van der Waals surface area contributed by atoms with Crippen molar-refractivity contribution in [3.05, 3.63) is 11.9 Å². The summed E-state index contributed by atoms with van der Waals surface area (Å²) in [7, 11) is 0. The molecule has 1 aliphatic rings. The van der Waals surface area contributed by atoms with Crippen molar-refractivity contribution in [2.24, 2.45) is 11.8 Å². The van der Waals surface area contributed by atoms with E-state index in [4.69, 9.17) is 0 Å². The van der Waals surface area contributed by atoms with Crippen LogP contribution in [0.4, 0.5) is 0 Å². The quantitative estimate of drug-likeness (QED) is 0.864. The molecule has 5 nitrogen and oxygen atoms in total. The Morgan fingerprint density at radius 2 is 2.15 bits per heavy atom. The first-order valence-electron chi connectivity index (χ1n) is 7.78. The van der Waals surface area contributed by atoms with Gasteiger partial charge in [-0.3, -0.25) is 4.79 Å². The van der Waals surface area contributed by atoms with Crippen LogP contribution in [0.5, 0.6) is 0 Å². The molecule has 1 aromatic rings. The monoisotopic (exact) mass is 278 g/mol. The van der Waals surface area contributed by atoms with Crippen LogP contribution < -0.4 is 5.32 Å². The first-order valence-corrected chi connectivity index (χ1v) is 7.78. The molecule has 20 heavy (non-hydrogen) atoms. The predicted molar refractivity (Wildman–Crippen MR) is 78.5 cm³/mol. The van der Waals surface area contributed by atoms with E-state index in [1.807, 2.05) is 6.20 Å². The summed E-state index contributed by atoms with van der Waals surface area (Å²) in [6.45, 7) is 8.19. The van der Waals surface area contributed by atoms with Crippen molar-refractivity contribution < 1.29 is 4.79 Å². The summed E-state index contributed by atoms with van der Waals surface area (Å²) in [6, 6.07) is -0.170. The molecule has 1 atom stereocenters. The highest BCUT2D eigenvalue weighted by Crippen LogP contribution is 2.26. The van der Waals surface area contributed by atoms with Crippen LogP contribution in [0.1, 0.15) is 51.8 Å². The average molecular weight is 278 g/mol. The van der Waals surface area contributed by atoms with Gasteiger partial charge >= 0.3 is 0 Å². The Balaban J connectivity index is 2.14. The van der Waals surface area contributed by atoms with E-state index in [9.17, 15) is 4.79 Å². The van der Waals surface area contributed by atoms with Crippen LogP contribution in [0, 0.1) is 11.8 Å². The van der Waals surface area contributed by atoms with E-state index >= 15 is 0 Å². The van der Waals surface area contributed by atoms with Crippen molar-refractivity contribution in [3.63, 3.8) is 0 Å². The van der Waals surface area contributed by atoms with E-state index in [1.54, 1.807) is 4.68 Å². The van der Waals surface area contributed by atoms with E-state index in [0.29, 0.717) is 5.78 Å². The molecule has 1 N–H and O–H groups in total. The Morgan fingerprint density at radius 1 is 1.45 bits per heavy atom. The number of piperidine rings is 1. The van der Waals surface area contributed by atoms with Gasteiger partial charge in [0.1, 0.15) is 6.04 Å². The molecular weight excluding hydrogens is 252 g/mol. The molecule has 1 aliphatic heterocycles. The third-order valence-electron chi connectivity index (χ3n) is 4.01. The Labute approximate surface area is 121 Å². The third-order valence-corrected chi connectivity index (χ3v) is 4.01. The SMILES string of the molecule is CCCc1cn([C@H](C(=O)C2CCNCC2)C(C)C)nn1. The Kier molecular flexibility index (Phi) is 5.29. The summed E-state index contributed by atoms with van der Waals surface area (Å²) in [5.41, 5.74) is 0.983. The summed E-state index contributed by atoms with van der Waals surface area (Å²) in [4.78, 5) is 12.8. The zero-order chi connectivity index (χ0) is 14.5. The molecule has 0 unspecified atom stereocenters. The van der Waals surface area contributed by atoms with E-state index in [1.165, 1.54) is 0 Å². The number of Topliss-reactive ketones (excluding diaryl/α,β-unsaturated/α-hetero) is 1. The molecule has 0 saturated carbocycles. The first-order chi connectivity index (χ1) is 9.63. The molecule has 0 aromatic carbocycles. The molecule has 0 amide bonds. The van der Waals surface area contributed by atoms with Crippen LogP contribution in [0.15, 0.2) is 6.20 Å². The maximum Gasteiger partial charge on any atom is 0.160 e. The summed E-state index contributed by atoms with van der Waals surface area (Å²) in [5.74, 6) is 0.741. The molecule has 1 saturated heterocycles. The van der Waals surface area contributed by atoms with Crippen molar-refractivity contribution in [2.75, 3.05) is 13.1 Å². The number of hydrogen-bond acceptors (Lipinski definition) is 4. The molecule has 0 aliphatic carbocycles. The predicted octanol–water partition coefficient (Wildman–Crippen LogP) is 2.00. The normalized spacial score (nSPS) is 18.4.